The van der Waals surface area contributed by atoms with Gasteiger partial charge in [0.2, 0.25) is 0 Å². The highest BCUT2D eigenvalue weighted by molar-refractivity contribution is 5.98. The van der Waals surface area contributed by atoms with E-state index in [-0.39, 0.29) is 0 Å². The molecule has 1 fully saturated rings. The maximum atomic E-state index is 11.8. The van der Waals surface area contributed by atoms with Crippen LogP contribution < -0.4 is 0 Å². The zero-order chi connectivity index (χ0) is 16.5. The molecule has 1 aliphatic rings. The maximum Gasteiger partial charge on any atom is 0.335 e. The first-order valence-corrected chi connectivity index (χ1v) is 8.60. The van der Waals surface area contributed by atoms with Crippen molar-refractivity contribution < 1.29 is 19.4 Å². The molecule has 0 spiro atoms. The first kappa shape index (κ1) is 18.7. The summed E-state index contributed by atoms with van der Waals surface area (Å²) in [5.41, 5.74) is 1.09. The second kappa shape index (κ2) is 9.65. The van der Waals surface area contributed by atoms with Crippen LogP contribution in [0.1, 0.15) is 78.6 Å². The van der Waals surface area contributed by atoms with Crippen molar-refractivity contribution in [3.05, 3.63) is 11.1 Å². The van der Waals surface area contributed by atoms with Crippen molar-refractivity contribution in [2.45, 2.75) is 84.7 Å². The number of allylic oxidation sites excluding steroid dienone is 1. The van der Waals surface area contributed by atoms with E-state index in [9.17, 15) is 14.7 Å². The van der Waals surface area contributed by atoms with Gasteiger partial charge in [-0.3, -0.25) is 4.79 Å². The van der Waals surface area contributed by atoms with E-state index in [0.29, 0.717) is 12.0 Å². The third-order valence-corrected chi connectivity index (χ3v) is 4.31. The van der Waals surface area contributed by atoms with Crippen LogP contribution in [0.5, 0.6) is 0 Å². The molecule has 0 bridgehead atoms. The Morgan fingerprint density at radius 1 is 1.05 bits per heavy atom. The average Bonchev–Trinajstić information content (AvgIpc) is 2.78. The van der Waals surface area contributed by atoms with E-state index in [2.05, 4.69) is 6.92 Å². The van der Waals surface area contributed by atoms with Crippen LogP contribution in [-0.4, -0.2) is 23.1 Å². The Bertz CT molecular complexity index is 407. The summed E-state index contributed by atoms with van der Waals surface area (Å²) in [4.78, 5) is 23.3. The lowest BCUT2D eigenvalue weighted by atomic mass is 9.90. The van der Waals surface area contributed by atoms with Crippen LogP contribution in [0.3, 0.4) is 0 Å². The van der Waals surface area contributed by atoms with Gasteiger partial charge in [0.05, 0.1) is 5.57 Å². The maximum absolute atomic E-state index is 11.8. The summed E-state index contributed by atoms with van der Waals surface area (Å²) in [7, 11) is 0. The summed E-state index contributed by atoms with van der Waals surface area (Å²) >= 11 is 0. The van der Waals surface area contributed by atoms with Gasteiger partial charge in [-0.05, 0) is 26.7 Å². The van der Waals surface area contributed by atoms with Gasteiger partial charge in [0, 0.05) is 0 Å². The van der Waals surface area contributed by atoms with Crippen molar-refractivity contribution in [2.24, 2.45) is 5.92 Å². The van der Waals surface area contributed by atoms with E-state index >= 15 is 0 Å². The van der Waals surface area contributed by atoms with E-state index in [1.165, 1.54) is 38.5 Å². The number of esters is 1. The molecule has 0 amide bonds. The number of cyclic esters (lactones) is 1. The predicted molar refractivity (Wildman–Crippen MR) is 86.6 cm³/mol. The average molecular weight is 310 g/mol. The lowest BCUT2D eigenvalue weighted by molar-refractivity contribution is -0.144. The number of carboxylic acid groups (broad SMARTS) is 1. The van der Waals surface area contributed by atoms with Gasteiger partial charge < -0.3 is 9.84 Å². The van der Waals surface area contributed by atoms with E-state index < -0.39 is 24.0 Å². The van der Waals surface area contributed by atoms with Gasteiger partial charge in [-0.2, -0.15) is 0 Å². The van der Waals surface area contributed by atoms with Crippen molar-refractivity contribution >= 4 is 11.9 Å². The number of rotatable bonds is 10. The van der Waals surface area contributed by atoms with Crippen molar-refractivity contribution in [1.82, 2.24) is 0 Å². The Morgan fingerprint density at radius 3 is 2.09 bits per heavy atom. The van der Waals surface area contributed by atoms with Gasteiger partial charge in [0.15, 0.2) is 0 Å². The Kier molecular flexibility index (Phi) is 8.21. The second-order valence-electron chi connectivity index (χ2n) is 6.44. The summed E-state index contributed by atoms with van der Waals surface area (Å²) < 4.78 is 5.29. The number of hydrogen-bond acceptors (Lipinski definition) is 3. The monoisotopic (exact) mass is 310 g/mol. The number of carboxylic acids is 1. The Hall–Kier alpha value is -1.32. The van der Waals surface area contributed by atoms with Crippen molar-refractivity contribution in [3.8, 4) is 0 Å². The molecule has 1 N–H and O–H groups in total. The fraction of sp³-hybridized carbons (Fsp3) is 0.778. The fourth-order valence-electron chi connectivity index (χ4n) is 3.08. The van der Waals surface area contributed by atoms with E-state index in [0.717, 1.165) is 18.4 Å². The molecule has 126 valence electrons. The molecule has 0 aromatic carbocycles. The van der Waals surface area contributed by atoms with Crippen LogP contribution in [0.15, 0.2) is 11.1 Å². The summed E-state index contributed by atoms with van der Waals surface area (Å²) in [5, 5.41) is 9.38. The topological polar surface area (TPSA) is 63.6 Å². The summed E-state index contributed by atoms with van der Waals surface area (Å²) in [6.45, 7) is 5.75. The number of ether oxygens (including phenoxy) is 1. The van der Waals surface area contributed by atoms with E-state index in [4.69, 9.17) is 4.74 Å². The molecule has 22 heavy (non-hydrogen) atoms. The molecule has 0 saturated carbocycles. The Labute approximate surface area is 133 Å². The smallest absolute Gasteiger partial charge is 0.335 e. The number of carbonyl (C=O) groups is 2. The molecule has 0 aliphatic carbocycles. The lowest BCUT2D eigenvalue weighted by Gasteiger charge is -2.14. The zero-order valence-electron chi connectivity index (χ0n) is 14.2. The van der Waals surface area contributed by atoms with Crippen molar-refractivity contribution in [1.29, 1.82) is 0 Å². The summed E-state index contributed by atoms with van der Waals surface area (Å²) in [5.74, 6) is -2.19. The van der Waals surface area contributed by atoms with Gasteiger partial charge in [0.25, 0.3) is 0 Å². The van der Waals surface area contributed by atoms with Crippen LogP contribution >= 0.6 is 0 Å². The van der Waals surface area contributed by atoms with E-state index in [1.54, 1.807) is 13.8 Å². The van der Waals surface area contributed by atoms with Crippen LogP contribution in [0.2, 0.25) is 0 Å². The molecular weight excluding hydrogens is 280 g/mol. The van der Waals surface area contributed by atoms with Crippen molar-refractivity contribution in [3.63, 3.8) is 0 Å². The van der Waals surface area contributed by atoms with Crippen LogP contribution in [0.4, 0.5) is 0 Å². The largest absolute Gasteiger partial charge is 0.481 e. The summed E-state index contributed by atoms with van der Waals surface area (Å²) in [6.07, 6.45) is 9.74. The molecule has 2 atom stereocenters. The number of unbranched alkanes of at least 4 members (excludes halogenated alkanes) is 7. The highest BCUT2D eigenvalue weighted by atomic mass is 16.6. The number of hydrogen-bond donors (Lipinski definition) is 1. The normalized spacial score (nSPS) is 21.0. The highest BCUT2D eigenvalue weighted by Crippen LogP contribution is 2.33. The second-order valence-corrected chi connectivity index (χ2v) is 6.44. The first-order chi connectivity index (χ1) is 10.5. The minimum atomic E-state index is -0.952. The number of aliphatic carboxylic acids is 1. The van der Waals surface area contributed by atoms with Gasteiger partial charge in [-0.15, -0.1) is 0 Å². The Morgan fingerprint density at radius 2 is 1.59 bits per heavy atom. The molecule has 0 aromatic rings. The van der Waals surface area contributed by atoms with Gasteiger partial charge in [-0.25, -0.2) is 4.79 Å². The molecule has 4 nitrogen and oxygen atoms in total. The standard InChI is InChI=1S/C18H30O4/c1-4-5-6-7-8-9-10-11-12-14-16(17(19)20)15(13(2)3)18(21)22-14/h14,16H,4-12H2,1-3H3,(H,19,20)/t14-,16-/m1/s1. The molecule has 1 heterocycles. The lowest BCUT2D eigenvalue weighted by Crippen LogP contribution is -2.25. The molecule has 1 aliphatic heterocycles. The predicted octanol–water partition coefficient (Wildman–Crippen LogP) is 4.48. The van der Waals surface area contributed by atoms with Crippen molar-refractivity contribution in [2.75, 3.05) is 0 Å². The number of carbonyl (C=O) groups excluding carboxylic acids is 1. The molecular formula is C18H30O4. The third-order valence-electron chi connectivity index (χ3n) is 4.31. The molecule has 0 unspecified atom stereocenters. The molecule has 0 radical (unpaired) electrons. The molecule has 4 heteroatoms. The minimum Gasteiger partial charge on any atom is -0.481 e. The first-order valence-electron chi connectivity index (χ1n) is 8.60. The molecule has 1 rings (SSSR count). The zero-order valence-corrected chi connectivity index (χ0v) is 14.2. The third kappa shape index (κ3) is 5.47. The van der Waals surface area contributed by atoms with Gasteiger partial charge in [0.1, 0.15) is 12.0 Å². The summed E-state index contributed by atoms with van der Waals surface area (Å²) in [6, 6.07) is 0. The van der Waals surface area contributed by atoms with Crippen LogP contribution in [0, 0.1) is 5.92 Å². The molecule has 0 aromatic heterocycles. The highest BCUT2D eigenvalue weighted by Gasteiger charge is 2.44. The van der Waals surface area contributed by atoms with E-state index in [1.807, 2.05) is 0 Å². The van der Waals surface area contributed by atoms with Crippen LogP contribution in [0.25, 0.3) is 0 Å². The fourth-order valence-corrected chi connectivity index (χ4v) is 3.08. The minimum absolute atomic E-state index is 0.345. The van der Waals surface area contributed by atoms with Gasteiger partial charge in [-0.1, -0.05) is 57.4 Å². The van der Waals surface area contributed by atoms with Gasteiger partial charge >= 0.3 is 11.9 Å². The SMILES string of the molecule is CCCCCCCCCC[C@H]1OC(=O)C(=C(C)C)[C@@H]1C(=O)O. The quantitative estimate of drug-likeness (QED) is 0.367. The van der Waals surface area contributed by atoms with Crippen LogP contribution in [-0.2, 0) is 14.3 Å². The molecule has 1 saturated heterocycles. The Balaban J connectivity index is 2.35.